The maximum Gasteiger partial charge on any atom is 0.407 e. The number of azo groups is 1. The highest BCUT2D eigenvalue weighted by Gasteiger charge is 2.16. The van der Waals surface area contributed by atoms with E-state index < -0.39 is 11.7 Å². The predicted molar refractivity (Wildman–Crippen MR) is 118 cm³/mol. The van der Waals surface area contributed by atoms with Gasteiger partial charge in [0.1, 0.15) is 5.60 Å². The summed E-state index contributed by atoms with van der Waals surface area (Å²) < 4.78 is 5.15. The number of benzene rings is 2. The van der Waals surface area contributed by atoms with Crippen molar-refractivity contribution in [1.82, 2.24) is 10.6 Å². The van der Waals surface area contributed by atoms with E-state index in [9.17, 15) is 9.59 Å². The molecule has 0 spiro atoms. The number of hydrogen-bond acceptors (Lipinski definition) is 6. The Bertz CT molecular complexity index is 886. The van der Waals surface area contributed by atoms with E-state index in [1.165, 1.54) is 0 Å². The number of carbonyl (C=O) groups excluding carboxylic acids is 2. The molecule has 0 aromatic heterocycles. The van der Waals surface area contributed by atoms with E-state index in [-0.39, 0.29) is 19.0 Å². The Morgan fingerprint density at radius 3 is 2.20 bits per heavy atom. The first-order valence-corrected chi connectivity index (χ1v) is 9.69. The molecule has 0 aliphatic carbocycles. The van der Waals surface area contributed by atoms with Gasteiger partial charge in [0.05, 0.1) is 16.9 Å². The maximum atomic E-state index is 12.5. The van der Waals surface area contributed by atoms with Gasteiger partial charge in [-0.05, 0) is 57.2 Å². The second-order valence-electron chi connectivity index (χ2n) is 7.81. The molecule has 0 radical (unpaired) electrons. The molecule has 0 atom stereocenters. The largest absolute Gasteiger partial charge is 0.444 e. The van der Waals surface area contributed by atoms with E-state index in [0.717, 1.165) is 5.69 Å². The summed E-state index contributed by atoms with van der Waals surface area (Å²) in [5.74, 6) is -0.293. The van der Waals surface area contributed by atoms with Gasteiger partial charge in [-0.25, -0.2) is 4.79 Å². The van der Waals surface area contributed by atoms with Crippen molar-refractivity contribution in [2.75, 3.05) is 32.1 Å². The lowest BCUT2D eigenvalue weighted by Gasteiger charge is -2.19. The summed E-state index contributed by atoms with van der Waals surface area (Å²) in [6.07, 6.45) is -0.522. The van der Waals surface area contributed by atoms with Crippen LogP contribution in [0.25, 0.3) is 0 Å². The fraction of sp³-hybridized carbons (Fsp3) is 0.364. The molecule has 30 heavy (non-hydrogen) atoms. The molecule has 8 nitrogen and oxygen atoms in total. The van der Waals surface area contributed by atoms with Crippen molar-refractivity contribution < 1.29 is 14.3 Å². The van der Waals surface area contributed by atoms with Crippen LogP contribution in [0.15, 0.2) is 58.8 Å². The van der Waals surface area contributed by atoms with Gasteiger partial charge in [-0.15, -0.1) is 5.11 Å². The minimum Gasteiger partial charge on any atom is -0.444 e. The Hall–Kier alpha value is -3.42. The Morgan fingerprint density at radius 2 is 1.57 bits per heavy atom. The van der Waals surface area contributed by atoms with E-state index in [0.29, 0.717) is 16.9 Å². The van der Waals surface area contributed by atoms with Crippen LogP contribution in [0.3, 0.4) is 0 Å². The van der Waals surface area contributed by atoms with Crippen LogP contribution in [0, 0.1) is 0 Å². The van der Waals surface area contributed by atoms with Crippen LogP contribution in [0.1, 0.15) is 31.1 Å². The molecule has 2 N–H and O–H groups in total. The molecule has 2 aromatic carbocycles. The summed E-state index contributed by atoms with van der Waals surface area (Å²) in [6.45, 7) is 5.88. The number of carbonyl (C=O) groups is 2. The van der Waals surface area contributed by atoms with Crippen molar-refractivity contribution in [2.24, 2.45) is 10.2 Å². The van der Waals surface area contributed by atoms with Crippen LogP contribution in [-0.2, 0) is 4.74 Å². The quantitative estimate of drug-likeness (QED) is 0.521. The topological polar surface area (TPSA) is 95.4 Å². The molecule has 2 aromatic rings. The lowest BCUT2D eigenvalue weighted by Crippen LogP contribution is -2.37. The first kappa shape index (κ1) is 22.9. The molecule has 0 saturated heterocycles. The summed E-state index contributed by atoms with van der Waals surface area (Å²) in [5.41, 5.74) is 2.06. The first-order valence-electron chi connectivity index (χ1n) is 9.69. The van der Waals surface area contributed by atoms with Crippen molar-refractivity contribution in [3.8, 4) is 0 Å². The summed E-state index contributed by atoms with van der Waals surface area (Å²) in [7, 11) is 3.93. The monoisotopic (exact) mass is 411 g/mol. The highest BCUT2D eigenvalue weighted by Crippen LogP contribution is 2.23. The van der Waals surface area contributed by atoms with Gasteiger partial charge in [-0.2, -0.15) is 5.11 Å². The number of nitrogens with one attached hydrogen (secondary N) is 2. The molecular weight excluding hydrogens is 382 g/mol. The van der Waals surface area contributed by atoms with E-state index >= 15 is 0 Å². The highest BCUT2D eigenvalue weighted by molar-refractivity contribution is 5.98. The summed E-state index contributed by atoms with van der Waals surface area (Å²) in [6, 6.07) is 14.6. The van der Waals surface area contributed by atoms with Crippen LogP contribution in [0.2, 0.25) is 0 Å². The number of rotatable bonds is 7. The Morgan fingerprint density at radius 1 is 0.933 bits per heavy atom. The second-order valence-corrected chi connectivity index (χ2v) is 7.81. The van der Waals surface area contributed by atoms with Gasteiger partial charge in [0.2, 0.25) is 0 Å². The molecular formula is C22H29N5O3. The average Bonchev–Trinajstić information content (AvgIpc) is 2.68. The van der Waals surface area contributed by atoms with Crippen LogP contribution >= 0.6 is 0 Å². The molecule has 0 unspecified atom stereocenters. The zero-order chi connectivity index (χ0) is 22.1. The highest BCUT2D eigenvalue weighted by atomic mass is 16.6. The maximum absolute atomic E-state index is 12.5. The molecule has 0 aliphatic heterocycles. The molecule has 2 amide bonds. The Kier molecular flexibility index (Phi) is 7.91. The van der Waals surface area contributed by atoms with Crippen molar-refractivity contribution in [3.05, 3.63) is 54.1 Å². The number of ether oxygens (including phenoxy) is 1. The van der Waals surface area contributed by atoms with Gasteiger partial charge < -0.3 is 20.3 Å². The van der Waals surface area contributed by atoms with Crippen molar-refractivity contribution in [1.29, 1.82) is 0 Å². The van der Waals surface area contributed by atoms with Gasteiger partial charge in [0.15, 0.2) is 0 Å². The van der Waals surface area contributed by atoms with Crippen LogP contribution in [0.4, 0.5) is 21.9 Å². The summed E-state index contributed by atoms with van der Waals surface area (Å²) in [5, 5.41) is 13.8. The van der Waals surface area contributed by atoms with Crippen molar-refractivity contribution >= 4 is 29.1 Å². The van der Waals surface area contributed by atoms with Gasteiger partial charge in [0.25, 0.3) is 5.91 Å². The zero-order valence-corrected chi connectivity index (χ0v) is 18.1. The van der Waals surface area contributed by atoms with Crippen LogP contribution in [-0.4, -0.2) is 44.8 Å². The molecule has 8 heteroatoms. The zero-order valence-electron chi connectivity index (χ0n) is 18.1. The number of hydrogen-bond donors (Lipinski definition) is 2. The smallest absolute Gasteiger partial charge is 0.407 e. The third-order valence-electron chi connectivity index (χ3n) is 3.87. The molecule has 0 bridgehead atoms. The van der Waals surface area contributed by atoms with Gasteiger partial charge in [0, 0.05) is 32.9 Å². The second kappa shape index (κ2) is 10.4. The molecule has 0 heterocycles. The van der Waals surface area contributed by atoms with Crippen LogP contribution in [0.5, 0.6) is 0 Å². The molecule has 0 aliphatic rings. The number of alkyl carbamates (subject to hydrolysis) is 1. The predicted octanol–water partition coefficient (Wildman–Crippen LogP) is 4.42. The van der Waals surface area contributed by atoms with Gasteiger partial charge >= 0.3 is 6.09 Å². The fourth-order valence-electron chi connectivity index (χ4n) is 2.43. The molecule has 0 fully saturated rings. The Balaban J connectivity index is 1.94. The minimum absolute atomic E-state index is 0.253. The standard InChI is InChI=1S/C22H29N5O3/c1-22(2,3)30-21(29)24-15-14-23-20(28)18-8-6-7-9-19(18)26-25-16-10-12-17(13-11-16)27(4)5/h6-13H,14-15H2,1-5H3,(H,23,28)(H,24,29)/b26-25+. The third-order valence-corrected chi connectivity index (χ3v) is 3.87. The van der Waals surface area contributed by atoms with Gasteiger partial charge in [-0.3, -0.25) is 4.79 Å². The van der Waals surface area contributed by atoms with Crippen molar-refractivity contribution in [2.45, 2.75) is 26.4 Å². The third kappa shape index (κ3) is 7.54. The molecule has 0 saturated carbocycles. The van der Waals surface area contributed by atoms with E-state index in [4.69, 9.17) is 4.74 Å². The van der Waals surface area contributed by atoms with Gasteiger partial charge in [-0.1, -0.05) is 12.1 Å². The summed E-state index contributed by atoms with van der Waals surface area (Å²) >= 11 is 0. The van der Waals surface area contributed by atoms with E-state index in [1.807, 2.05) is 43.3 Å². The summed E-state index contributed by atoms with van der Waals surface area (Å²) in [4.78, 5) is 26.1. The van der Waals surface area contributed by atoms with Crippen LogP contribution < -0.4 is 15.5 Å². The normalized spacial score (nSPS) is 11.2. The molecule has 2 rings (SSSR count). The SMILES string of the molecule is CN(C)c1ccc(/N=N/c2ccccc2C(=O)NCCNC(=O)OC(C)(C)C)cc1. The van der Waals surface area contributed by atoms with Crippen molar-refractivity contribution in [3.63, 3.8) is 0 Å². The Labute approximate surface area is 177 Å². The lowest BCUT2D eigenvalue weighted by molar-refractivity contribution is 0.0526. The van der Waals surface area contributed by atoms with E-state index in [2.05, 4.69) is 20.9 Å². The fourth-order valence-corrected chi connectivity index (χ4v) is 2.43. The van der Waals surface area contributed by atoms with E-state index in [1.54, 1.807) is 45.0 Å². The number of nitrogens with zero attached hydrogens (tertiary/aromatic N) is 3. The molecule has 160 valence electrons. The number of anilines is 1. The average molecular weight is 412 g/mol. The first-order chi connectivity index (χ1) is 14.2. The lowest BCUT2D eigenvalue weighted by atomic mass is 10.1. The minimum atomic E-state index is -0.565. The number of amides is 2.